The van der Waals surface area contributed by atoms with Gasteiger partial charge in [0.2, 0.25) is 0 Å². The summed E-state index contributed by atoms with van der Waals surface area (Å²) in [5, 5.41) is 0. The van der Waals surface area contributed by atoms with Gasteiger partial charge in [0, 0.05) is 0 Å². The molecule has 68 valence electrons. The van der Waals surface area contributed by atoms with E-state index in [-0.39, 0.29) is 21.1 Å². The Kier molecular flexibility index (Phi) is 4.95. The summed E-state index contributed by atoms with van der Waals surface area (Å²) < 4.78 is 2.60. The normalized spacial score (nSPS) is 32.6. The Morgan fingerprint density at radius 2 is 2.08 bits per heavy atom. The molecule has 0 aromatic carbocycles. The zero-order chi connectivity index (χ0) is 8.97. The van der Waals surface area contributed by atoms with Gasteiger partial charge in [-0.25, -0.2) is 0 Å². The molecular weight excluding hydrogens is 253 g/mol. The van der Waals surface area contributed by atoms with Crippen LogP contribution >= 0.6 is 0 Å². The molecule has 12 heavy (non-hydrogen) atoms. The number of hydrogen-bond acceptors (Lipinski definition) is 1. The Morgan fingerprint density at radius 1 is 1.42 bits per heavy atom. The molecule has 1 saturated carbocycles. The Morgan fingerprint density at radius 3 is 2.67 bits per heavy atom. The van der Waals surface area contributed by atoms with Gasteiger partial charge in [-0.05, 0) is 0 Å². The Balaban J connectivity index is 2.42. The molecule has 3 unspecified atom stereocenters. The first-order valence-electron chi connectivity index (χ1n) is 5.24. The SMILES string of the molecule is C[CH2][Sn+2][CH]1CCCCC1C(C)N. The minimum atomic E-state index is -0.0607. The van der Waals surface area contributed by atoms with E-state index in [1.807, 2.05) is 0 Å². The molecular formula is C10H21NSn+2. The van der Waals surface area contributed by atoms with E-state index < -0.39 is 0 Å². The fourth-order valence-corrected chi connectivity index (χ4v) is 7.17. The van der Waals surface area contributed by atoms with Crippen LogP contribution in [-0.2, 0) is 0 Å². The van der Waals surface area contributed by atoms with Gasteiger partial charge in [0.15, 0.2) is 0 Å². The van der Waals surface area contributed by atoms with E-state index in [9.17, 15) is 0 Å². The molecule has 1 rings (SSSR count). The molecule has 0 aliphatic heterocycles. The molecule has 1 aliphatic carbocycles. The number of nitrogens with two attached hydrogens (primary N) is 1. The van der Waals surface area contributed by atoms with Crippen molar-refractivity contribution in [1.29, 1.82) is 0 Å². The molecule has 0 heterocycles. The minimum absolute atomic E-state index is 0.0607. The first kappa shape index (κ1) is 10.8. The predicted octanol–water partition coefficient (Wildman–Crippen LogP) is 2.45. The van der Waals surface area contributed by atoms with Gasteiger partial charge in [0.05, 0.1) is 0 Å². The van der Waals surface area contributed by atoms with E-state index in [2.05, 4.69) is 13.8 Å². The zero-order valence-electron chi connectivity index (χ0n) is 8.34. The van der Waals surface area contributed by atoms with Crippen LogP contribution in [0.25, 0.3) is 0 Å². The van der Waals surface area contributed by atoms with E-state index >= 15 is 0 Å². The molecule has 1 aliphatic rings. The third-order valence-electron chi connectivity index (χ3n) is 2.96. The van der Waals surface area contributed by atoms with Crippen molar-refractivity contribution < 1.29 is 0 Å². The van der Waals surface area contributed by atoms with Gasteiger partial charge in [-0.15, -0.1) is 0 Å². The zero-order valence-corrected chi connectivity index (χ0v) is 11.2. The van der Waals surface area contributed by atoms with Gasteiger partial charge in [-0.2, -0.15) is 0 Å². The fraction of sp³-hybridized carbons (Fsp3) is 1.00. The van der Waals surface area contributed by atoms with Crippen molar-refractivity contribution in [2.75, 3.05) is 0 Å². The maximum absolute atomic E-state index is 6.02. The second-order valence-electron chi connectivity index (χ2n) is 3.97. The summed E-state index contributed by atoms with van der Waals surface area (Å²) >= 11 is -0.0607. The van der Waals surface area contributed by atoms with Crippen LogP contribution in [-0.4, -0.2) is 27.2 Å². The summed E-state index contributed by atoms with van der Waals surface area (Å²) in [7, 11) is 0. The van der Waals surface area contributed by atoms with Gasteiger partial charge < -0.3 is 0 Å². The average Bonchev–Trinajstić information content (AvgIpc) is 2.05. The molecule has 2 heteroatoms. The van der Waals surface area contributed by atoms with Crippen molar-refractivity contribution in [2.45, 2.75) is 53.9 Å². The molecule has 0 amide bonds. The van der Waals surface area contributed by atoms with Gasteiger partial charge >= 0.3 is 86.7 Å². The van der Waals surface area contributed by atoms with Crippen LogP contribution in [0.5, 0.6) is 0 Å². The van der Waals surface area contributed by atoms with Crippen molar-refractivity contribution in [3.63, 3.8) is 0 Å². The van der Waals surface area contributed by atoms with Gasteiger partial charge in [-0.3, -0.25) is 0 Å². The van der Waals surface area contributed by atoms with E-state index in [0.29, 0.717) is 6.04 Å². The van der Waals surface area contributed by atoms with Crippen LogP contribution in [0.3, 0.4) is 0 Å². The third-order valence-corrected chi connectivity index (χ3v) is 7.67. The van der Waals surface area contributed by atoms with Crippen LogP contribution < -0.4 is 5.73 Å². The quantitative estimate of drug-likeness (QED) is 0.786. The average molecular weight is 274 g/mol. The van der Waals surface area contributed by atoms with Crippen molar-refractivity contribution in [2.24, 2.45) is 11.7 Å². The van der Waals surface area contributed by atoms with Crippen LogP contribution in [0.15, 0.2) is 0 Å². The first-order chi connectivity index (χ1) is 5.75. The number of rotatable bonds is 3. The molecule has 2 N–H and O–H groups in total. The Labute approximate surface area is 86.7 Å². The topological polar surface area (TPSA) is 26.0 Å². The summed E-state index contributed by atoms with van der Waals surface area (Å²) in [5.41, 5.74) is 6.02. The molecule has 1 fully saturated rings. The summed E-state index contributed by atoms with van der Waals surface area (Å²) in [6, 6.07) is 0.461. The van der Waals surface area contributed by atoms with Crippen molar-refractivity contribution in [1.82, 2.24) is 0 Å². The second-order valence-corrected chi connectivity index (χ2v) is 9.27. The summed E-state index contributed by atoms with van der Waals surface area (Å²) in [6.07, 6.45) is 5.84. The molecule has 1 nitrogen and oxygen atoms in total. The molecule has 0 spiro atoms. The second kappa shape index (κ2) is 5.48. The van der Waals surface area contributed by atoms with Crippen LogP contribution in [0, 0.1) is 5.92 Å². The maximum atomic E-state index is 6.02. The predicted molar refractivity (Wildman–Crippen MR) is 55.6 cm³/mol. The standard InChI is InChI=1S/C8H16N.C2H5.Sn/c1-7(9)8-5-3-2-4-6-8;1-2;/h5,7-8H,2-4,6,9H2,1H3;1H2,2H3;/q;;+2. The van der Waals surface area contributed by atoms with Crippen molar-refractivity contribution in [3.05, 3.63) is 0 Å². The Hall–Kier alpha value is 0.759. The van der Waals surface area contributed by atoms with E-state index in [1.54, 1.807) is 0 Å². The van der Waals surface area contributed by atoms with Crippen molar-refractivity contribution in [3.8, 4) is 0 Å². The van der Waals surface area contributed by atoms with Crippen molar-refractivity contribution >= 4 is 21.1 Å². The van der Waals surface area contributed by atoms with Gasteiger partial charge in [0.1, 0.15) is 0 Å². The van der Waals surface area contributed by atoms with E-state index in [0.717, 1.165) is 9.85 Å². The van der Waals surface area contributed by atoms with Gasteiger partial charge in [-0.1, -0.05) is 0 Å². The molecule has 0 saturated heterocycles. The molecule has 0 radical (unpaired) electrons. The van der Waals surface area contributed by atoms with E-state index in [1.165, 1.54) is 30.1 Å². The number of hydrogen-bond donors (Lipinski definition) is 1. The van der Waals surface area contributed by atoms with Crippen LogP contribution in [0.2, 0.25) is 8.37 Å². The summed E-state index contributed by atoms with van der Waals surface area (Å²) in [4.78, 5) is 0. The van der Waals surface area contributed by atoms with Gasteiger partial charge in [0.25, 0.3) is 0 Å². The fourth-order valence-electron chi connectivity index (χ4n) is 2.30. The first-order valence-corrected chi connectivity index (χ1v) is 8.91. The molecule has 0 aromatic heterocycles. The van der Waals surface area contributed by atoms with Crippen LogP contribution in [0.4, 0.5) is 0 Å². The summed E-state index contributed by atoms with van der Waals surface area (Å²) in [6.45, 7) is 4.57. The third kappa shape index (κ3) is 2.91. The molecule has 3 atom stereocenters. The monoisotopic (exact) mass is 275 g/mol. The molecule has 0 aromatic rings. The van der Waals surface area contributed by atoms with E-state index in [4.69, 9.17) is 5.73 Å². The Bertz CT molecular complexity index is 123. The van der Waals surface area contributed by atoms with Crippen LogP contribution in [0.1, 0.15) is 39.5 Å². The summed E-state index contributed by atoms with van der Waals surface area (Å²) in [5.74, 6) is 0.894. The molecule has 0 bridgehead atoms.